The first-order chi connectivity index (χ1) is 13.9. The topological polar surface area (TPSA) is 12.0 Å². The van der Waals surface area contributed by atoms with E-state index in [0.29, 0.717) is 0 Å². The molecule has 0 radical (unpaired) electrons. The first kappa shape index (κ1) is 17.3. The lowest BCUT2D eigenvalue weighted by Gasteiger charge is -2.25. The van der Waals surface area contributed by atoms with Crippen LogP contribution in [-0.2, 0) is 6.42 Å². The smallest absolute Gasteiger partial charge is 0.0562 e. The summed E-state index contributed by atoms with van der Waals surface area (Å²) in [7, 11) is 0. The van der Waals surface area contributed by atoms with E-state index in [1.54, 1.807) is 22.5 Å². The molecule has 1 aliphatic heterocycles. The molecule has 0 amide bonds. The van der Waals surface area contributed by atoms with E-state index in [2.05, 4.69) is 71.4 Å². The molecule has 3 aromatic rings. The second-order valence-corrected chi connectivity index (χ2v) is 8.28. The van der Waals surface area contributed by atoms with Crippen molar-refractivity contribution in [1.29, 1.82) is 0 Å². The van der Waals surface area contributed by atoms with Crippen LogP contribution in [0.3, 0.4) is 0 Å². The summed E-state index contributed by atoms with van der Waals surface area (Å²) < 4.78 is 0. The number of thiophene rings is 1. The molecule has 1 nitrogen and oxygen atoms in total. The van der Waals surface area contributed by atoms with Crippen molar-refractivity contribution < 1.29 is 0 Å². The molecule has 1 aromatic heterocycles. The summed E-state index contributed by atoms with van der Waals surface area (Å²) in [4.78, 5) is 1.30. The minimum absolute atomic E-state index is 1.20. The minimum atomic E-state index is 1.20. The Morgan fingerprint density at radius 3 is 2.82 bits per heavy atom. The number of hydrogen-bond acceptors (Lipinski definition) is 2. The number of allylic oxidation sites excluding steroid dienone is 6. The van der Waals surface area contributed by atoms with E-state index in [0.717, 1.165) is 0 Å². The first-order valence-electron chi connectivity index (χ1n) is 9.97. The van der Waals surface area contributed by atoms with Crippen molar-refractivity contribution in [3.63, 3.8) is 0 Å². The molecule has 2 aliphatic carbocycles. The zero-order chi connectivity index (χ0) is 18.8. The zero-order valence-corrected chi connectivity index (χ0v) is 16.6. The van der Waals surface area contributed by atoms with Crippen molar-refractivity contribution in [2.45, 2.75) is 25.7 Å². The van der Waals surface area contributed by atoms with Crippen LogP contribution in [-0.4, -0.2) is 0 Å². The van der Waals surface area contributed by atoms with Crippen LogP contribution < -0.4 is 5.32 Å². The van der Waals surface area contributed by atoms with Gasteiger partial charge in [-0.1, -0.05) is 60.2 Å². The van der Waals surface area contributed by atoms with E-state index < -0.39 is 0 Å². The third-order valence-corrected chi connectivity index (χ3v) is 6.56. The Morgan fingerprint density at radius 1 is 0.857 bits per heavy atom. The maximum Gasteiger partial charge on any atom is 0.0562 e. The molecule has 0 spiro atoms. The van der Waals surface area contributed by atoms with Crippen molar-refractivity contribution in [3.05, 3.63) is 99.9 Å². The third-order valence-electron chi connectivity index (χ3n) is 5.67. The molecule has 0 fully saturated rings. The van der Waals surface area contributed by atoms with Gasteiger partial charge in [0.25, 0.3) is 0 Å². The van der Waals surface area contributed by atoms with Gasteiger partial charge in [-0.15, -0.1) is 11.3 Å². The quantitative estimate of drug-likeness (QED) is 0.423. The van der Waals surface area contributed by atoms with Crippen LogP contribution in [0.15, 0.2) is 83.9 Å². The lowest BCUT2D eigenvalue weighted by molar-refractivity contribution is 0.831. The fraction of sp³-hybridized carbons (Fsp3) is 0.154. The highest BCUT2D eigenvalue weighted by atomic mass is 32.1. The zero-order valence-electron chi connectivity index (χ0n) is 15.8. The first-order valence-corrected chi connectivity index (χ1v) is 10.8. The lowest BCUT2D eigenvalue weighted by Crippen LogP contribution is -2.06. The number of nitrogens with one attached hydrogen (secondary N) is 1. The fourth-order valence-electron chi connectivity index (χ4n) is 4.29. The highest BCUT2D eigenvalue weighted by molar-refractivity contribution is 7.11. The third kappa shape index (κ3) is 3.25. The summed E-state index contributed by atoms with van der Waals surface area (Å²) in [5.41, 5.74) is 7.41. The molecule has 3 aliphatic rings. The average molecular weight is 382 g/mol. The summed E-state index contributed by atoms with van der Waals surface area (Å²) in [5, 5.41) is 8.08. The van der Waals surface area contributed by atoms with Gasteiger partial charge in [0, 0.05) is 6.20 Å². The Hall–Kier alpha value is -2.84. The predicted molar refractivity (Wildman–Crippen MR) is 124 cm³/mol. The molecule has 138 valence electrons. The van der Waals surface area contributed by atoms with Gasteiger partial charge in [0.1, 0.15) is 0 Å². The van der Waals surface area contributed by atoms with Gasteiger partial charge in [-0.25, -0.2) is 0 Å². The standard InChI is InChI=1S/C18H16.C8H7NS/c1-3-7-15-13(5-1)9-11-18-16-8-4-2-6-14(16)10-12-17(15)18;1-2-5-9-7-4-6-10-8(7)3-1/h1,3-5,7-9,11H,2,6,10,12H2;1-6,9H. The maximum atomic E-state index is 3.17. The molecule has 2 heteroatoms. The summed E-state index contributed by atoms with van der Waals surface area (Å²) in [6.07, 6.45) is 17.7. The van der Waals surface area contributed by atoms with E-state index in [1.807, 2.05) is 18.4 Å². The summed E-state index contributed by atoms with van der Waals surface area (Å²) in [6.45, 7) is 0. The molecule has 0 bridgehead atoms. The summed E-state index contributed by atoms with van der Waals surface area (Å²) >= 11 is 1.75. The van der Waals surface area contributed by atoms with E-state index in [1.165, 1.54) is 58.2 Å². The van der Waals surface area contributed by atoms with E-state index in [-0.39, 0.29) is 0 Å². The van der Waals surface area contributed by atoms with Crippen LogP contribution in [0.5, 0.6) is 0 Å². The molecule has 0 unspecified atom stereocenters. The number of rotatable bonds is 0. The second kappa shape index (κ2) is 7.65. The molecule has 2 heterocycles. The largest absolute Gasteiger partial charge is 0.361 e. The van der Waals surface area contributed by atoms with Gasteiger partial charge in [-0.3, -0.25) is 0 Å². The number of aryl methyl sites for hydroxylation is 1. The molecule has 0 atom stereocenters. The highest BCUT2D eigenvalue weighted by Gasteiger charge is 2.20. The Kier molecular flexibility index (Phi) is 4.72. The average Bonchev–Trinajstić information content (AvgIpc) is 3.09. The van der Waals surface area contributed by atoms with E-state index >= 15 is 0 Å². The van der Waals surface area contributed by atoms with Crippen LogP contribution in [0.25, 0.3) is 22.4 Å². The lowest BCUT2D eigenvalue weighted by atomic mass is 9.80. The molecule has 1 N–H and O–H groups in total. The monoisotopic (exact) mass is 381 g/mol. The Bertz CT molecular complexity index is 1140. The van der Waals surface area contributed by atoms with Crippen molar-refractivity contribution in [2.75, 3.05) is 5.32 Å². The molecule has 6 rings (SSSR count). The summed E-state index contributed by atoms with van der Waals surface area (Å²) in [5.74, 6) is 0. The molecular formula is C26H23NS. The Morgan fingerprint density at radius 2 is 1.82 bits per heavy atom. The van der Waals surface area contributed by atoms with Crippen molar-refractivity contribution in [2.24, 2.45) is 0 Å². The predicted octanol–water partition coefficient (Wildman–Crippen LogP) is 7.59. The van der Waals surface area contributed by atoms with Gasteiger partial charge in [0.05, 0.1) is 10.6 Å². The van der Waals surface area contributed by atoms with Gasteiger partial charge in [0.2, 0.25) is 0 Å². The number of benzene rings is 2. The van der Waals surface area contributed by atoms with Crippen molar-refractivity contribution in [1.82, 2.24) is 0 Å². The normalized spacial score (nSPS) is 16.4. The van der Waals surface area contributed by atoms with E-state index in [4.69, 9.17) is 0 Å². The van der Waals surface area contributed by atoms with Gasteiger partial charge in [-0.05, 0) is 76.8 Å². The second-order valence-electron chi connectivity index (χ2n) is 7.33. The van der Waals surface area contributed by atoms with Crippen molar-refractivity contribution in [3.8, 4) is 0 Å². The molecule has 0 saturated heterocycles. The Labute approximate surface area is 170 Å². The van der Waals surface area contributed by atoms with Gasteiger partial charge < -0.3 is 5.32 Å². The molecular weight excluding hydrogens is 358 g/mol. The number of fused-ring (bicyclic) bond motifs is 5. The molecule has 28 heavy (non-hydrogen) atoms. The highest BCUT2D eigenvalue weighted by Crippen LogP contribution is 2.39. The van der Waals surface area contributed by atoms with Gasteiger partial charge in [-0.2, -0.15) is 0 Å². The van der Waals surface area contributed by atoms with Gasteiger partial charge in [0.15, 0.2) is 0 Å². The van der Waals surface area contributed by atoms with Crippen LogP contribution in [0.1, 0.15) is 35.3 Å². The fourth-order valence-corrected chi connectivity index (χ4v) is 5.05. The number of anilines is 1. The van der Waals surface area contributed by atoms with Crippen LogP contribution in [0.4, 0.5) is 5.69 Å². The maximum absolute atomic E-state index is 3.17. The van der Waals surface area contributed by atoms with Crippen LogP contribution in [0, 0.1) is 0 Å². The van der Waals surface area contributed by atoms with Crippen molar-refractivity contribution >= 4 is 39.4 Å². The molecule has 2 aromatic carbocycles. The minimum Gasteiger partial charge on any atom is -0.361 e. The van der Waals surface area contributed by atoms with Crippen LogP contribution in [0.2, 0.25) is 0 Å². The van der Waals surface area contributed by atoms with Gasteiger partial charge >= 0.3 is 0 Å². The Balaban J connectivity index is 0.000000145. The molecule has 0 saturated carbocycles. The van der Waals surface area contributed by atoms with E-state index in [9.17, 15) is 0 Å². The SMILES string of the molecule is C1=CC2=C(CC1)CCc1c2ccc2ccccc12.C1=CNc2ccsc2C=C1. The van der Waals surface area contributed by atoms with Crippen LogP contribution >= 0.6 is 11.3 Å². The number of hydrogen-bond donors (Lipinski definition) is 1. The summed E-state index contributed by atoms with van der Waals surface area (Å²) in [6, 6.07) is 15.4.